The molecule has 3 rings (SSSR count). The number of unbranched alkanes of at least 4 members (excludes halogenated alkanes) is 3. The van der Waals surface area contributed by atoms with Crippen LogP contribution in [0.25, 0.3) is 23.7 Å². The predicted octanol–water partition coefficient (Wildman–Crippen LogP) is 5.83. The first-order valence-electron chi connectivity index (χ1n) is 8.58. The van der Waals surface area contributed by atoms with Crippen LogP contribution in [0.3, 0.4) is 0 Å². The summed E-state index contributed by atoms with van der Waals surface area (Å²) < 4.78 is 0. The Bertz CT molecular complexity index is 772. The highest BCUT2D eigenvalue weighted by Crippen LogP contribution is 2.22. The van der Waals surface area contributed by atoms with Gasteiger partial charge in [0.15, 0.2) is 5.82 Å². The summed E-state index contributed by atoms with van der Waals surface area (Å²) in [5.41, 5.74) is 2.00. The Morgan fingerprint density at radius 3 is 2.83 bits per heavy atom. The van der Waals surface area contributed by atoms with Gasteiger partial charge in [-0.2, -0.15) is 0 Å². The Labute approximate surface area is 147 Å². The van der Waals surface area contributed by atoms with E-state index in [4.69, 9.17) is 0 Å². The van der Waals surface area contributed by atoms with Gasteiger partial charge in [-0.05, 0) is 48.7 Å². The number of aromatic nitrogens is 3. The Kier molecular flexibility index (Phi) is 5.96. The van der Waals surface area contributed by atoms with Crippen LogP contribution >= 0.6 is 11.3 Å². The zero-order valence-corrected chi connectivity index (χ0v) is 14.9. The number of aryl methyl sites for hydroxylation is 1. The first kappa shape index (κ1) is 16.7. The molecule has 0 spiro atoms. The summed E-state index contributed by atoms with van der Waals surface area (Å²) >= 11 is 1.89. The van der Waals surface area contributed by atoms with E-state index in [2.05, 4.69) is 52.2 Å². The van der Waals surface area contributed by atoms with Gasteiger partial charge < -0.3 is 4.98 Å². The molecule has 24 heavy (non-hydrogen) atoms. The van der Waals surface area contributed by atoms with Gasteiger partial charge in [-0.1, -0.05) is 32.3 Å². The Morgan fingerprint density at radius 1 is 1.04 bits per heavy atom. The summed E-state index contributed by atoms with van der Waals surface area (Å²) in [7, 11) is 0. The van der Waals surface area contributed by atoms with Crippen molar-refractivity contribution in [2.75, 3.05) is 0 Å². The third-order valence-electron chi connectivity index (χ3n) is 3.92. The molecule has 0 unspecified atom stereocenters. The zero-order valence-electron chi connectivity index (χ0n) is 14.0. The Balaban J connectivity index is 1.62. The van der Waals surface area contributed by atoms with Crippen molar-refractivity contribution in [2.45, 2.75) is 39.0 Å². The molecule has 3 aromatic heterocycles. The summed E-state index contributed by atoms with van der Waals surface area (Å²) in [4.78, 5) is 14.5. The smallest absolute Gasteiger partial charge is 0.155 e. The number of H-pyrrole nitrogens is 1. The lowest BCUT2D eigenvalue weighted by molar-refractivity contribution is 0.670. The SMILES string of the molecule is CCCCCCc1ccc(/C=C/c2ccnc(-c3ncc[nH]3)c2)s1. The quantitative estimate of drug-likeness (QED) is 0.526. The fourth-order valence-electron chi connectivity index (χ4n) is 2.61. The van der Waals surface area contributed by atoms with E-state index < -0.39 is 0 Å². The van der Waals surface area contributed by atoms with E-state index >= 15 is 0 Å². The molecule has 0 bridgehead atoms. The lowest BCUT2D eigenvalue weighted by Crippen LogP contribution is -1.85. The van der Waals surface area contributed by atoms with E-state index in [0.717, 1.165) is 17.1 Å². The molecule has 0 fully saturated rings. The fourth-order valence-corrected chi connectivity index (χ4v) is 3.57. The van der Waals surface area contributed by atoms with Gasteiger partial charge in [0.2, 0.25) is 0 Å². The topological polar surface area (TPSA) is 41.6 Å². The molecule has 0 amide bonds. The first-order valence-corrected chi connectivity index (χ1v) is 9.39. The minimum atomic E-state index is 0.802. The highest BCUT2D eigenvalue weighted by Gasteiger charge is 2.02. The molecular weight excluding hydrogens is 314 g/mol. The molecule has 0 atom stereocenters. The van der Waals surface area contributed by atoms with Crippen LogP contribution in [-0.4, -0.2) is 15.0 Å². The molecule has 3 heterocycles. The summed E-state index contributed by atoms with van der Waals surface area (Å²) in [5, 5.41) is 0. The number of nitrogens with one attached hydrogen (secondary N) is 1. The molecule has 0 aromatic carbocycles. The number of thiophene rings is 1. The Morgan fingerprint density at radius 2 is 2.00 bits per heavy atom. The van der Waals surface area contributed by atoms with Crippen molar-refractivity contribution in [2.24, 2.45) is 0 Å². The molecule has 0 aliphatic rings. The van der Waals surface area contributed by atoms with Crippen molar-refractivity contribution in [1.82, 2.24) is 15.0 Å². The van der Waals surface area contributed by atoms with Gasteiger partial charge in [0.05, 0.1) is 0 Å². The second-order valence-corrected chi connectivity index (χ2v) is 7.06. The summed E-state index contributed by atoms with van der Waals surface area (Å²) in [5.74, 6) is 0.802. The fraction of sp³-hybridized carbons (Fsp3) is 0.300. The van der Waals surface area contributed by atoms with Crippen molar-refractivity contribution in [3.8, 4) is 11.5 Å². The van der Waals surface area contributed by atoms with E-state index in [0.29, 0.717) is 0 Å². The number of hydrogen-bond donors (Lipinski definition) is 1. The van der Waals surface area contributed by atoms with Crippen molar-refractivity contribution in [3.05, 3.63) is 58.2 Å². The van der Waals surface area contributed by atoms with Crippen LogP contribution in [0.4, 0.5) is 0 Å². The van der Waals surface area contributed by atoms with E-state index in [9.17, 15) is 0 Å². The molecule has 1 N–H and O–H groups in total. The molecule has 0 saturated carbocycles. The van der Waals surface area contributed by atoms with Crippen molar-refractivity contribution >= 4 is 23.5 Å². The zero-order chi connectivity index (χ0) is 16.6. The normalized spacial score (nSPS) is 11.4. The van der Waals surface area contributed by atoms with Crippen molar-refractivity contribution in [3.63, 3.8) is 0 Å². The lowest BCUT2D eigenvalue weighted by Gasteiger charge is -1.98. The highest BCUT2D eigenvalue weighted by molar-refractivity contribution is 7.12. The Hall–Kier alpha value is -2.20. The lowest BCUT2D eigenvalue weighted by atomic mass is 10.1. The van der Waals surface area contributed by atoms with Crippen molar-refractivity contribution in [1.29, 1.82) is 0 Å². The number of nitrogens with zero attached hydrogens (tertiary/aromatic N) is 2. The number of hydrogen-bond acceptors (Lipinski definition) is 3. The van der Waals surface area contributed by atoms with Gasteiger partial charge in [0.25, 0.3) is 0 Å². The largest absolute Gasteiger partial charge is 0.343 e. The molecule has 3 aromatic rings. The van der Waals surface area contributed by atoms with Crippen LogP contribution in [-0.2, 0) is 6.42 Å². The van der Waals surface area contributed by atoms with E-state index in [1.54, 1.807) is 6.20 Å². The van der Waals surface area contributed by atoms with Crippen LogP contribution in [0.5, 0.6) is 0 Å². The average molecular weight is 337 g/mol. The second-order valence-electron chi connectivity index (χ2n) is 5.86. The van der Waals surface area contributed by atoms with E-state index in [1.807, 2.05) is 29.8 Å². The van der Waals surface area contributed by atoms with Crippen LogP contribution in [0.15, 0.2) is 42.9 Å². The van der Waals surface area contributed by atoms with E-state index in [1.165, 1.54) is 41.9 Å². The third kappa shape index (κ3) is 4.65. The van der Waals surface area contributed by atoms with Crippen molar-refractivity contribution < 1.29 is 0 Å². The first-order chi connectivity index (χ1) is 11.8. The molecule has 124 valence electrons. The minimum Gasteiger partial charge on any atom is -0.343 e. The minimum absolute atomic E-state index is 0.802. The maximum absolute atomic E-state index is 4.36. The standard InChI is InChI=1S/C20H23N3S/c1-2-3-4-5-6-17-9-10-18(24-17)8-7-16-11-12-21-19(15-16)20-22-13-14-23-20/h7-15H,2-6H2,1H3,(H,22,23)/b8-7+. The van der Waals surface area contributed by atoms with Gasteiger partial charge in [0.1, 0.15) is 5.69 Å². The summed E-state index contributed by atoms with van der Waals surface area (Å²) in [6, 6.07) is 8.54. The third-order valence-corrected chi connectivity index (χ3v) is 5.03. The second kappa shape index (κ2) is 8.60. The van der Waals surface area contributed by atoms with Gasteiger partial charge >= 0.3 is 0 Å². The van der Waals surface area contributed by atoms with Gasteiger partial charge in [-0.25, -0.2) is 4.98 Å². The van der Waals surface area contributed by atoms with Crippen LogP contribution < -0.4 is 0 Å². The molecule has 0 aliphatic heterocycles. The maximum atomic E-state index is 4.36. The monoisotopic (exact) mass is 337 g/mol. The van der Waals surface area contributed by atoms with Gasteiger partial charge in [-0.15, -0.1) is 11.3 Å². The summed E-state index contributed by atoms with van der Waals surface area (Å²) in [6.45, 7) is 2.25. The van der Waals surface area contributed by atoms with Crippen LogP contribution in [0, 0.1) is 0 Å². The molecule has 3 nitrogen and oxygen atoms in total. The molecular formula is C20H23N3S. The maximum Gasteiger partial charge on any atom is 0.155 e. The predicted molar refractivity (Wildman–Crippen MR) is 103 cm³/mol. The van der Waals surface area contributed by atoms with E-state index in [-0.39, 0.29) is 0 Å². The number of aromatic amines is 1. The van der Waals surface area contributed by atoms with Crippen LogP contribution in [0.2, 0.25) is 0 Å². The number of imidazole rings is 1. The molecule has 0 radical (unpaired) electrons. The molecule has 4 heteroatoms. The number of rotatable bonds is 8. The van der Waals surface area contributed by atoms with Gasteiger partial charge in [0, 0.05) is 28.3 Å². The number of pyridine rings is 1. The average Bonchev–Trinajstić information content (AvgIpc) is 3.29. The van der Waals surface area contributed by atoms with Crippen LogP contribution in [0.1, 0.15) is 47.9 Å². The molecule has 0 aliphatic carbocycles. The summed E-state index contributed by atoms with van der Waals surface area (Å²) in [6.07, 6.45) is 16.2. The molecule has 0 saturated heterocycles. The van der Waals surface area contributed by atoms with Gasteiger partial charge in [-0.3, -0.25) is 4.98 Å². The highest BCUT2D eigenvalue weighted by atomic mass is 32.1.